The summed E-state index contributed by atoms with van der Waals surface area (Å²) in [5, 5.41) is 2.89. The molecule has 1 aromatic heterocycles. The van der Waals surface area contributed by atoms with E-state index < -0.39 is 23.6 Å². The highest BCUT2D eigenvalue weighted by molar-refractivity contribution is 7.09. The van der Waals surface area contributed by atoms with Crippen LogP contribution in [0.3, 0.4) is 0 Å². The highest BCUT2D eigenvalue weighted by Crippen LogP contribution is 2.28. The van der Waals surface area contributed by atoms with Crippen LogP contribution in [0.2, 0.25) is 5.02 Å². The Bertz CT molecular complexity index is 1040. The fraction of sp³-hybridized carbons (Fsp3) is 0.542. The van der Waals surface area contributed by atoms with Crippen molar-refractivity contribution >= 4 is 35.1 Å². The highest BCUT2D eigenvalue weighted by atomic mass is 35.5. The van der Waals surface area contributed by atoms with Gasteiger partial charge < -0.3 is 24.0 Å². The number of rotatable bonds is 6. The molecule has 0 N–H and O–H groups in total. The summed E-state index contributed by atoms with van der Waals surface area (Å²) < 4.78 is 31.1. The summed E-state index contributed by atoms with van der Waals surface area (Å²) >= 11 is 7.76. The maximum Gasteiger partial charge on any atom is 0.410 e. The van der Waals surface area contributed by atoms with Crippen molar-refractivity contribution in [2.24, 2.45) is 0 Å². The first-order valence-corrected chi connectivity index (χ1v) is 12.7. The number of aromatic nitrogens is 1. The molecule has 0 radical (unpaired) electrons. The predicted octanol–water partition coefficient (Wildman–Crippen LogP) is 5.79. The van der Waals surface area contributed by atoms with Gasteiger partial charge in [0.2, 0.25) is 0 Å². The molecule has 192 valence electrons. The van der Waals surface area contributed by atoms with E-state index in [1.54, 1.807) is 30.6 Å². The molecular weight excluding hydrogens is 497 g/mol. The molecule has 1 aromatic carbocycles. The molecule has 11 heteroatoms. The Hall–Kier alpha value is -2.59. The lowest BCUT2D eigenvalue weighted by Crippen LogP contribution is -2.57. The number of hydrogen-bond donors (Lipinski definition) is 0. The van der Waals surface area contributed by atoms with Crippen LogP contribution in [0.4, 0.5) is 14.0 Å². The maximum absolute atomic E-state index is 14.7. The second-order valence-electron chi connectivity index (χ2n) is 9.25. The minimum atomic E-state index is -0.628. The number of piperazine rings is 1. The third kappa shape index (κ3) is 7.44. The Labute approximate surface area is 213 Å². The summed E-state index contributed by atoms with van der Waals surface area (Å²) in [5.74, 6) is -0.367. The summed E-state index contributed by atoms with van der Waals surface area (Å²) in [5.41, 5.74) is 0.218. The molecule has 2 aromatic rings. The van der Waals surface area contributed by atoms with Crippen LogP contribution < -0.4 is 4.74 Å². The van der Waals surface area contributed by atoms with Crippen molar-refractivity contribution in [2.45, 2.75) is 65.9 Å². The van der Waals surface area contributed by atoms with Gasteiger partial charge in [-0.1, -0.05) is 18.5 Å². The zero-order valence-electron chi connectivity index (χ0n) is 20.6. The van der Waals surface area contributed by atoms with Crippen molar-refractivity contribution in [1.82, 2.24) is 14.8 Å². The van der Waals surface area contributed by atoms with Gasteiger partial charge in [0.05, 0.1) is 21.8 Å². The Morgan fingerprint density at radius 1 is 1.23 bits per heavy atom. The third-order valence-corrected chi connectivity index (χ3v) is 6.51. The lowest BCUT2D eigenvalue weighted by Gasteiger charge is -2.40. The van der Waals surface area contributed by atoms with E-state index in [2.05, 4.69) is 4.98 Å². The molecule has 1 saturated heterocycles. The highest BCUT2D eigenvalue weighted by Gasteiger charge is 2.34. The number of amides is 2. The van der Waals surface area contributed by atoms with Gasteiger partial charge in [-0.05, 0) is 40.2 Å². The predicted molar refractivity (Wildman–Crippen MR) is 131 cm³/mol. The Balaban J connectivity index is 1.56. The van der Waals surface area contributed by atoms with Crippen molar-refractivity contribution in [1.29, 1.82) is 0 Å². The smallest absolute Gasteiger partial charge is 0.410 e. The standard InChI is InChI=1S/C24H31ClFN3O5S/c1-6-17-11-28(22(30)34-24(3,4)5)7-8-29(17)23(31)33-13-19-20(25)9-18(10-21(19)26)32-12-16-14-35-15(2)27-16/h9-10,14,17H,6-8,11-13H2,1-5H3/t17-/m1/s1. The minimum absolute atomic E-state index is 0.0670. The Morgan fingerprint density at radius 3 is 2.57 bits per heavy atom. The Kier molecular flexibility index (Phi) is 8.82. The van der Waals surface area contributed by atoms with Crippen molar-refractivity contribution in [2.75, 3.05) is 19.6 Å². The van der Waals surface area contributed by atoms with Gasteiger partial charge in [0, 0.05) is 36.6 Å². The minimum Gasteiger partial charge on any atom is -0.487 e. The van der Waals surface area contributed by atoms with Gasteiger partial charge in [-0.2, -0.15) is 0 Å². The van der Waals surface area contributed by atoms with Crippen LogP contribution in [0.1, 0.15) is 50.4 Å². The number of halogens is 2. The fourth-order valence-electron chi connectivity index (χ4n) is 3.59. The molecule has 1 atom stereocenters. The second-order valence-corrected chi connectivity index (χ2v) is 10.7. The number of ether oxygens (including phenoxy) is 3. The Morgan fingerprint density at radius 2 is 1.97 bits per heavy atom. The van der Waals surface area contributed by atoms with Crippen LogP contribution in [-0.2, 0) is 22.7 Å². The molecule has 2 amide bonds. The van der Waals surface area contributed by atoms with Crippen LogP contribution in [-0.4, -0.2) is 58.2 Å². The normalized spacial score (nSPS) is 16.3. The molecule has 8 nitrogen and oxygen atoms in total. The zero-order chi connectivity index (χ0) is 25.8. The molecule has 3 rings (SSSR count). The number of aryl methyl sites for hydroxylation is 1. The number of carbonyl (C=O) groups excluding carboxylic acids is 2. The summed E-state index contributed by atoms with van der Waals surface area (Å²) in [6.45, 7) is 10.0. The quantitative estimate of drug-likeness (QED) is 0.473. The van der Waals surface area contributed by atoms with Gasteiger partial charge in [-0.15, -0.1) is 11.3 Å². The molecule has 0 spiro atoms. The summed E-state index contributed by atoms with van der Waals surface area (Å²) in [6, 6.07) is 2.46. The summed E-state index contributed by atoms with van der Waals surface area (Å²) in [4.78, 5) is 32.6. The van der Waals surface area contributed by atoms with Gasteiger partial charge in [0.1, 0.15) is 30.4 Å². The first-order valence-electron chi connectivity index (χ1n) is 11.4. The van der Waals surface area contributed by atoms with Crippen LogP contribution in [0.25, 0.3) is 0 Å². The van der Waals surface area contributed by atoms with E-state index in [0.717, 1.165) is 10.7 Å². The van der Waals surface area contributed by atoms with E-state index in [1.165, 1.54) is 23.5 Å². The lowest BCUT2D eigenvalue weighted by atomic mass is 10.1. The largest absolute Gasteiger partial charge is 0.487 e. The van der Waals surface area contributed by atoms with Gasteiger partial charge in [0.25, 0.3) is 0 Å². The molecule has 0 aliphatic carbocycles. The average molecular weight is 528 g/mol. The molecule has 1 fully saturated rings. The second kappa shape index (κ2) is 11.4. The van der Waals surface area contributed by atoms with Gasteiger partial charge in [-0.3, -0.25) is 0 Å². The van der Waals surface area contributed by atoms with Crippen molar-refractivity contribution in [3.05, 3.63) is 44.6 Å². The first-order chi connectivity index (χ1) is 16.5. The van der Waals surface area contributed by atoms with E-state index in [0.29, 0.717) is 19.5 Å². The van der Waals surface area contributed by atoms with Crippen molar-refractivity contribution < 1.29 is 28.2 Å². The van der Waals surface area contributed by atoms with Gasteiger partial charge >= 0.3 is 12.2 Å². The SMILES string of the molecule is CC[C@@H]1CN(C(=O)OC(C)(C)C)CCN1C(=O)OCc1c(F)cc(OCc2csc(C)n2)cc1Cl. The third-order valence-electron chi connectivity index (χ3n) is 5.35. The molecule has 0 saturated carbocycles. The topological polar surface area (TPSA) is 81.2 Å². The average Bonchev–Trinajstić information content (AvgIpc) is 3.20. The maximum atomic E-state index is 14.7. The molecular formula is C24H31ClFN3O5S. The van der Waals surface area contributed by atoms with E-state index >= 15 is 0 Å². The number of nitrogens with zero attached hydrogens (tertiary/aromatic N) is 3. The van der Waals surface area contributed by atoms with Gasteiger partial charge in [-0.25, -0.2) is 19.0 Å². The lowest BCUT2D eigenvalue weighted by molar-refractivity contribution is 0.000634. The van der Waals surface area contributed by atoms with Crippen molar-refractivity contribution in [3.8, 4) is 5.75 Å². The summed E-state index contributed by atoms with van der Waals surface area (Å²) in [6.07, 6.45) is -0.380. The number of carbonyl (C=O) groups is 2. The van der Waals surface area contributed by atoms with Crippen LogP contribution >= 0.6 is 22.9 Å². The number of thiazole rings is 1. The molecule has 1 aliphatic rings. The van der Waals surface area contributed by atoms with Crippen LogP contribution in [0.5, 0.6) is 5.75 Å². The summed E-state index contributed by atoms with van der Waals surface area (Å²) in [7, 11) is 0. The molecule has 35 heavy (non-hydrogen) atoms. The van der Waals surface area contributed by atoms with E-state index in [4.69, 9.17) is 25.8 Å². The molecule has 1 aliphatic heterocycles. The van der Waals surface area contributed by atoms with E-state index in [-0.39, 0.29) is 42.1 Å². The number of hydrogen-bond acceptors (Lipinski definition) is 7. The van der Waals surface area contributed by atoms with Crippen molar-refractivity contribution in [3.63, 3.8) is 0 Å². The van der Waals surface area contributed by atoms with Gasteiger partial charge in [0.15, 0.2) is 0 Å². The van der Waals surface area contributed by atoms with E-state index in [1.807, 2.05) is 19.2 Å². The van der Waals surface area contributed by atoms with Crippen LogP contribution in [0, 0.1) is 12.7 Å². The van der Waals surface area contributed by atoms with E-state index in [9.17, 15) is 14.0 Å². The zero-order valence-corrected chi connectivity index (χ0v) is 22.2. The molecule has 0 bridgehead atoms. The first kappa shape index (κ1) is 27.0. The van der Waals surface area contributed by atoms with Crippen LogP contribution in [0.15, 0.2) is 17.5 Å². The fourth-order valence-corrected chi connectivity index (χ4v) is 4.44. The number of benzene rings is 1. The molecule has 0 unspecified atom stereocenters. The molecule has 2 heterocycles. The monoisotopic (exact) mass is 527 g/mol.